The van der Waals surface area contributed by atoms with E-state index in [9.17, 15) is 9.59 Å². The summed E-state index contributed by atoms with van der Waals surface area (Å²) in [6, 6.07) is 3.63. The number of H-pyrrole nitrogens is 1. The third kappa shape index (κ3) is 3.66. The zero-order chi connectivity index (χ0) is 22.4. The Kier molecular flexibility index (Phi) is 5.21. The van der Waals surface area contributed by atoms with Crippen LogP contribution >= 0.6 is 0 Å². The lowest BCUT2D eigenvalue weighted by Gasteiger charge is -2.34. The first-order chi connectivity index (χ1) is 15.4. The van der Waals surface area contributed by atoms with Gasteiger partial charge in [0.15, 0.2) is 5.65 Å². The number of amides is 1. The number of likely N-dealkylation sites (tertiary alicyclic amines) is 1. The molecule has 0 bridgehead atoms. The summed E-state index contributed by atoms with van der Waals surface area (Å²) in [6.45, 7) is 6.21. The molecule has 0 aliphatic carbocycles. The summed E-state index contributed by atoms with van der Waals surface area (Å²) in [5.41, 5.74) is 9.38. The Morgan fingerprint density at radius 1 is 1.19 bits per heavy atom. The van der Waals surface area contributed by atoms with Gasteiger partial charge < -0.3 is 20.5 Å². The normalized spacial score (nSPS) is 21.5. The first kappa shape index (κ1) is 20.7. The predicted molar refractivity (Wildman–Crippen MR) is 122 cm³/mol. The van der Waals surface area contributed by atoms with Gasteiger partial charge in [0.25, 0.3) is 11.5 Å². The van der Waals surface area contributed by atoms with Gasteiger partial charge >= 0.3 is 0 Å². The molecule has 0 unspecified atom stereocenters. The number of carbonyl (C=O) groups is 1. The van der Waals surface area contributed by atoms with Crippen LogP contribution in [0.3, 0.4) is 0 Å². The van der Waals surface area contributed by atoms with Crippen LogP contribution in [0.2, 0.25) is 0 Å². The lowest BCUT2D eigenvalue weighted by atomic mass is 9.98. The van der Waals surface area contributed by atoms with Crippen LogP contribution in [0.1, 0.15) is 58.9 Å². The Hall–Kier alpha value is -3.20. The number of anilines is 1. The second kappa shape index (κ2) is 8.05. The molecule has 3 N–H and O–H groups in total. The summed E-state index contributed by atoms with van der Waals surface area (Å²) < 4.78 is 1.79. The summed E-state index contributed by atoms with van der Waals surface area (Å²) in [4.78, 5) is 37.2. The van der Waals surface area contributed by atoms with E-state index in [-0.39, 0.29) is 29.1 Å². The Bertz CT molecular complexity index is 1230. The number of fused-ring (bicyclic) bond motifs is 1. The topological polar surface area (TPSA) is 113 Å². The van der Waals surface area contributed by atoms with E-state index in [4.69, 9.17) is 15.8 Å². The number of aryl methyl sites for hydroxylation is 2. The molecule has 3 aromatic heterocycles. The van der Waals surface area contributed by atoms with E-state index in [1.807, 2.05) is 26.1 Å². The maximum atomic E-state index is 13.3. The van der Waals surface area contributed by atoms with Crippen molar-refractivity contribution in [2.24, 2.45) is 5.73 Å². The molecule has 3 aromatic rings. The maximum absolute atomic E-state index is 13.3. The zero-order valence-corrected chi connectivity index (χ0v) is 18.5. The number of rotatable bonds is 3. The minimum atomic E-state index is -0.356. The molecular weight excluding hydrogens is 406 g/mol. The zero-order valence-electron chi connectivity index (χ0n) is 18.5. The quantitative estimate of drug-likeness (QED) is 0.650. The molecule has 0 radical (unpaired) electrons. The van der Waals surface area contributed by atoms with Gasteiger partial charge in [0.05, 0.1) is 11.7 Å². The van der Waals surface area contributed by atoms with Crippen LogP contribution in [-0.2, 0) is 0 Å². The number of piperidine rings is 1. The minimum Gasteiger partial charge on any atom is -0.355 e. The van der Waals surface area contributed by atoms with E-state index in [2.05, 4.69) is 9.88 Å². The number of aromatic nitrogens is 4. The summed E-state index contributed by atoms with van der Waals surface area (Å²) in [6.07, 6.45) is 7.31. The highest BCUT2D eigenvalue weighted by Gasteiger charge is 2.32. The highest BCUT2D eigenvalue weighted by molar-refractivity contribution is 5.94. The molecular formula is C23H29N7O2. The SMILES string of the molecule is Cc1c[nH]c(=O)c(C(=O)N2CCCC[C@H]2c2cc3nc(N4CC[C@H](N)C4)c(C)cn3n2)c1. The molecule has 2 saturated heterocycles. The Labute approximate surface area is 186 Å². The number of nitrogens with one attached hydrogen (secondary N) is 1. The molecule has 0 spiro atoms. The summed E-state index contributed by atoms with van der Waals surface area (Å²) >= 11 is 0. The van der Waals surface area contributed by atoms with E-state index in [1.165, 1.54) is 0 Å². The van der Waals surface area contributed by atoms with Crippen molar-refractivity contribution in [2.75, 3.05) is 24.5 Å². The van der Waals surface area contributed by atoms with Crippen LogP contribution in [0, 0.1) is 13.8 Å². The fourth-order valence-electron chi connectivity index (χ4n) is 4.87. The van der Waals surface area contributed by atoms with Crippen molar-refractivity contribution in [3.05, 3.63) is 57.3 Å². The number of hydrogen-bond acceptors (Lipinski definition) is 6. The van der Waals surface area contributed by atoms with Gasteiger partial charge in [0.2, 0.25) is 0 Å². The first-order valence-electron chi connectivity index (χ1n) is 11.3. The van der Waals surface area contributed by atoms with Crippen molar-refractivity contribution in [2.45, 2.75) is 51.6 Å². The molecule has 0 aromatic carbocycles. The van der Waals surface area contributed by atoms with E-state index >= 15 is 0 Å². The second-order valence-corrected chi connectivity index (χ2v) is 9.04. The van der Waals surface area contributed by atoms with Crippen molar-refractivity contribution < 1.29 is 4.79 Å². The van der Waals surface area contributed by atoms with Gasteiger partial charge in [-0.25, -0.2) is 9.50 Å². The van der Waals surface area contributed by atoms with Gasteiger partial charge in [-0.3, -0.25) is 9.59 Å². The summed E-state index contributed by atoms with van der Waals surface area (Å²) in [5.74, 6) is 0.701. The molecule has 9 heteroatoms. The molecule has 5 heterocycles. The molecule has 2 atom stereocenters. The second-order valence-electron chi connectivity index (χ2n) is 9.04. The Morgan fingerprint density at radius 2 is 2.03 bits per heavy atom. The molecule has 2 aliphatic heterocycles. The lowest BCUT2D eigenvalue weighted by molar-refractivity contribution is 0.0603. The maximum Gasteiger partial charge on any atom is 0.260 e. The van der Waals surface area contributed by atoms with E-state index in [1.54, 1.807) is 21.7 Å². The average molecular weight is 436 g/mol. The standard InChI is InChI=1S/C23H29N7O2/c1-14-9-17(22(31)25-11-14)23(32)29-7-4-3-5-19(29)18-10-20-26-21(15(2)12-30(20)27-18)28-8-6-16(24)13-28/h9-12,16,19H,3-8,13,24H2,1-2H3,(H,25,31)/t16-,19-/m0/s1. The van der Waals surface area contributed by atoms with Crippen LogP contribution in [-0.4, -0.2) is 56.1 Å². The van der Waals surface area contributed by atoms with Gasteiger partial charge in [0, 0.05) is 49.7 Å². The van der Waals surface area contributed by atoms with Gasteiger partial charge in [-0.05, 0) is 51.2 Å². The molecule has 5 rings (SSSR count). The fourth-order valence-corrected chi connectivity index (χ4v) is 4.87. The largest absolute Gasteiger partial charge is 0.355 e. The lowest BCUT2D eigenvalue weighted by Crippen LogP contribution is -2.40. The monoisotopic (exact) mass is 435 g/mol. The van der Waals surface area contributed by atoms with E-state index < -0.39 is 0 Å². The molecule has 1 amide bonds. The van der Waals surface area contributed by atoms with E-state index in [0.29, 0.717) is 6.54 Å². The third-order valence-electron chi connectivity index (χ3n) is 6.53. The van der Waals surface area contributed by atoms with Crippen molar-refractivity contribution in [1.82, 2.24) is 24.5 Å². The molecule has 2 fully saturated rings. The molecule has 168 valence electrons. The first-order valence-corrected chi connectivity index (χ1v) is 11.3. The average Bonchev–Trinajstić information content (AvgIpc) is 3.40. The summed E-state index contributed by atoms with van der Waals surface area (Å²) in [5, 5.41) is 4.78. The number of pyridine rings is 1. The highest BCUT2D eigenvalue weighted by atomic mass is 16.2. The van der Waals surface area contributed by atoms with Crippen LogP contribution in [0.5, 0.6) is 0 Å². The van der Waals surface area contributed by atoms with Crippen LogP contribution in [0.15, 0.2) is 29.3 Å². The number of aromatic amines is 1. The third-order valence-corrected chi connectivity index (χ3v) is 6.53. The number of hydrogen-bond donors (Lipinski definition) is 2. The van der Waals surface area contributed by atoms with Crippen molar-refractivity contribution in [3.8, 4) is 0 Å². The smallest absolute Gasteiger partial charge is 0.260 e. The molecule has 0 saturated carbocycles. The Morgan fingerprint density at radius 3 is 2.81 bits per heavy atom. The molecule has 2 aliphatic rings. The fraction of sp³-hybridized carbons (Fsp3) is 0.478. The molecule has 9 nitrogen and oxygen atoms in total. The molecule has 32 heavy (non-hydrogen) atoms. The number of carbonyl (C=O) groups excluding carboxylic acids is 1. The van der Waals surface area contributed by atoms with Crippen LogP contribution < -0.4 is 16.2 Å². The Balaban J connectivity index is 1.49. The van der Waals surface area contributed by atoms with Gasteiger partial charge in [-0.15, -0.1) is 0 Å². The van der Waals surface area contributed by atoms with Crippen LogP contribution in [0.4, 0.5) is 5.82 Å². The van der Waals surface area contributed by atoms with Gasteiger partial charge in [-0.1, -0.05) is 0 Å². The number of nitrogens with zero attached hydrogens (tertiary/aromatic N) is 5. The van der Waals surface area contributed by atoms with E-state index in [0.717, 1.165) is 67.1 Å². The van der Waals surface area contributed by atoms with Crippen molar-refractivity contribution >= 4 is 17.4 Å². The van der Waals surface area contributed by atoms with Crippen molar-refractivity contribution in [3.63, 3.8) is 0 Å². The van der Waals surface area contributed by atoms with Crippen LogP contribution in [0.25, 0.3) is 5.65 Å². The van der Waals surface area contributed by atoms with Gasteiger partial charge in [-0.2, -0.15) is 5.10 Å². The minimum absolute atomic E-state index is 0.179. The number of nitrogens with two attached hydrogens (primary N) is 1. The van der Waals surface area contributed by atoms with Gasteiger partial charge in [0.1, 0.15) is 11.4 Å². The summed E-state index contributed by atoms with van der Waals surface area (Å²) in [7, 11) is 0. The predicted octanol–water partition coefficient (Wildman–Crippen LogP) is 1.94. The van der Waals surface area contributed by atoms with Crippen molar-refractivity contribution in [1.29, 1.82) is 0 Å². The highest BCUT2D eigenvalue weighted by Crippen LogP contribution is 2.32.